The van der Waals surface area contributed by atoms with Crippen molar-refractivity contribution in [1.82, 2.24) is 35.7 Å². The van der Waals surface area contributed by atoms with Crippen molar-refractivity contribution in [2.75, 3.05) is 26.2 Å². The number of carbonyl (C=O) groups excluding carboxylic acids is 6. The first-order chi connectivity index (χ1) is 26.3. The van der Waals surface area contributed by atoms with Crippen LogP contribution in [0.3, 0.4) is 0 Å². The Hall–Kier alpha value is -4.68. The Bertz CT molecular complexity index is 1490. The number of hydrogen-bond donors (Lipinski definition) is 3. The molecule has 55 heavy (non-hydrogen) atoms. The number of rotatable bonds is 15. The quantitative estimate of drug-likeness (QED) is 0.198. The fourth-order valence-corrected chi connectivity index (χ4v) is 6.68. The third kappa shape index (κ3) is 15.5. The van der Waals surface area contributed by atoms with Crippen molar-refractivity contribution in [3.05, 3.63) is 60.2 Å². The zero-order chi connectivity index (χ0) is 40.8. The molecule has 2 unspecified atom stereocenters. The summed E-state index contributed by atoms with van der Waals surface area (Å²) in [5, 5.41) is 7.97. The standard InChI is InChI=1S/C33H45N7O6.C6H12.C3H8/c1-6-15-33(4,5)28(38-27(42)20-36-29(43)24-19-34-16-17-35-24)32(46)40-18-11-14-25(40)31(45)39(7-2)21-26(41)30(44)37-22(3)23-12-9-8-10-13-23;1-2-4-6-5-3-1;1-3-2/h8-10,12-13,16-17,19,22,25,28H,6-7,11,14-15,18,20-21H2,1-5H3,(H,36,43)(H,37,44)(H,38,42);1-6H2;3H2,1-2H3/t22-,25?,28?;;/m0../s1. The molecule has 2 fully saturated rings. The van der Waals surface area contributed by atoms with Gasteiger partial charge in [-0.05, 0) is 44.1 Å². The number of nitrogens with one attached hydrogen (secondary N) is 3. The summed E-state index contributed by atoms with van der Waals surface area (Å²) in [6.45, 7) is 13.1. The lowest BCUT2D eigenvalue weighted by Crippen LogP contribution is -2.59. The van der Waals surface area contributed by atoms with E-state index in [9.17, 15) is 28.8 Å². The van der Waals surface area contributed by atoms with Crippen LogP contribution in [0.5, 0.6) is 0 Å². The minimum absolute atomic E-state index is 0.0507. The molecule has 1 aromatic carbocycles. The number of nitrogens with zero attached hydrogens (tertiary/aromatic N) is 4. The van der Waals surface area contributed by atoms with Crippen LogP contribution in [0.15, 0.2) is 48.9 Å². The highest BCUT2D eigenvalue weighted by Crippen LogP contribution is 2.31. The Labute approximate surface area is 328 Å². The number of likely N-dealkylation sites (N-methyl/N-ethyl adjacent to an activating group) is 1. The van der Waals surface area contributed by atoms with Gasteiger partial charge in [-0.15, -0.1) is 0 Å². The summed E-state index contributed by atoms with van der Waals surface area (Å²) in [6.07, 6.45) is 16.6. The van der Waals surface area contributed by atoms with Gasteiger partial charge in [0.1, 0.15) is 17.8 Å². The third-order valence-electron chi connectivity index (χ3n) is 9.68. The second-order valence-electron chi connectivity index (χ2n) is 14.9. The van der Waals surface area contributed by atoms with Gasteiger partial charge >= 0.3 is 0 Å². The highest BCUT2D eigenvalue weighted by molar-refractivity contribution is 6.37. The van der Waals surface area contributed by atoms with Crippen molar-refractivity contribution >= 4 is 35.3 Å². The zero-order valence-corrected chi connectivity index (χ0v) is 34.2. The summed E-state index contributed by atoms with van der Waals surface area (Å²) in [7, 11) is 0. The van der Waals surface area contributed by atoms with E-state index in [4.69, 9.17) is 0 Å². The minimum Gasteiger partial charge on any atom is -0.343 e. The van der Waals surface area contributed by atoms with E-state index in [1.807, 2.05) is 51.1 Å². The van der Waals surface area contributed by atoms with Crippen LogP contribution in [-0.2, 0) is 24.0 Å². The number of likely N-dealkylation sites (tertiary alicyclic amines) is 1. The molecule has 0 spiro atoms. The summed E-state index contributed by atoms with van der Waals surface area (Å²) in [5.74, 6) is -3.55. The highest BCUT2D eigenvalue weighted by Gasteiger charge is 2.44. The fraction of sp³-hybridized carbons (Fsp3) is 0.619. The van der Waals surface area contributed by atoms with E-state index >= 15 is 0 Å². The summed E-state index contributed by atoms with van der Waals surface area (Å²) in [6, 6.07) is 6.99. The predicted octanol–water partition coefficient (Wildman–Crippen LogP) is 5.56. The van der Waals surface area contributed by atoms with Crippen molar-refractivity contribution < 1.29 is 28.8 Å². The first kappa shape index (κ1) is 46.5. The van der Waals surface area contributed by atoms with E-state index in [0.29, 0.717) is 25.8 Å². The molecule has 13 nitrogen and oxygen atoms in total. The molecule has 5 amide bonds. The summed E-state index contributed by atoms with van der Waals surface area (Å²) >= 11 is 0. The predicted molar refractivity (Wildman–Crippen MR) is 214 cm³/mol. The van der Waals surface area contributed by atoms with Gasteiger partial charge in [0.25, 0.3) is 11.8 Å². The highest BCUT2D eigenvalue weighted by atomic mass is 16.2. The lowest BCUT2D eigenvalue weighted by molar-refractivity contribution is -0.149. The number of aromatic nitrogens is 2. The lowest BCUT2D eigenvalue weighted by Gasteiger charge is -2.38. The molecule has 4 rings (SSSR count). The van der Waals surface area contributed by atoms with Crippen LogP contribution in [0.4, 0.5) is 0 Å². The Kier molecular flexibility index (Phi) is 20.8. The molecule has 1 aliphatic heterocycles. The second kappa shape index (κ2) is 24.7. The van der Waals surface area contributed by atoms with Crippen molar-refractivity contribution in [3.63, 3.8) is 0 Å². The number of amides is 5. The van der Waals surface area contributed by atoms with Gasteiger partial charge in [0.2, 0.25) is 23.5 Å². The van der Waals surface area contributed by atoms with Gasteiger partial charge in [0, 0.05) is 25.5 Å². The van der Waals surface area contributed by atoms with E-state index in [-0.39, 0.29) is 18.8 Å². The molecule has 1 aliphatic carbocycles. The topological polar surface area (TPSA) is 171 Å². The van der Waals surface area contributed by atoms with Gasteiger partial charge in [0.15, 0.2) is 0 Å². The fourth-order valence-electron chi connectivity index (χ4n) is 6.68. The molecular weight excluding hydrogens is 699 g/mol. The van der Waals surface area contributed by atoms with Gasteiger partial charge in [-0.25, -0.2) is 4.98 Å². The van der Waals surface area contributed by atoms with E-state index < -0.39 is 65.4 Å². The van der Waals surface area contributed by atoms with Gasteiger partial charge in [-0.2, -0.15) is 0 Å². The number of ketones is 1. The lowest BCUT2D eigenvalue weighted by atomic mass is 9.79. The molecule has 3 N–H and O–H groups in total. The van der Waals surface area contributed by atoms with Crippen LogP contribution in [0, 0.1) is 5.41 Å². The molecule has 1 aromatic heterocycles. The Morgan fingerprint density at radius 1 is 0.891 bits per heavy atom. The van der Waals surface area contributed by atoms with Gasteiger partial charge in [0.05, 0.1) is 25.3 Å². The van der Waals surface area contributed by atoms with Crippen molar-refractivity contribution in [3.8, 4) is 0 Å². The summed E-state index contributed by atoms with van der Waals surface area (Å²) in [5.41, 5.74) is 0.211. The van der Waals surface area contributed by atoms with Crippen LogP contribution >= 0.6 is 0 Å². The van der Waals surface area contributed by atoms with Crippen molar-refractivity contribution in [2.45, 2.75) is 137 Å². The molecule has 2 aromatic rings. The van der Waals surface area contributed by atoms with E-state index in [1.165, 1.54) is 73.3 Å². The van der Waals surface area contributed by atoms with Crippen LogP contribution in [0.1, 0.15) is 141 Å². The molecule has 2 heterocycles. The summed E-state index contributed by atoms with van der Waals surface area (Å²) in [4.78, 5) is 89.3. The maximum atomic E-state index is 14.1. The van der Waals surface area contributed by atoms with E-state index in [2.05, 4.69) is 39.8 Å². The van der Waals surface area contributed by atoms with E-state index in [1.54, 1.807) is 13.8 Å². The first-order valence-corrected chi connectivity index (χ1v) is 20.1. The summed E-state index contributed by atoms with van der Waals surface area (Å²) < 4.78 is 0. The third-order valence-corrected chi connectivity index (χ3v) is 9.68. The second-order valence-corrected chi connectivity index (χ2v) is 14.9. The monoisotopic (exact) mass is 763 g/mol. The van der Waals surface area contributed by atoms with Gasteiger partial charge in [-0.3, -0.25) is 33.8 Å². The average Bonchev–Trinajstić information content (AvgIpc) is 3.69. The maximum Gasteiger partial charge on any atom is 0.289 e. The first-order valence-electron chi connectivity index (χ1n) is 20.1. The van der Waals surface area contributed by atoms with Crippen LogP contribution in [0.25, 0.3) is 0 Å². The van der Waals surface area contributed by atoms with Crippen LogP contribution < -0.4 is 16.0 Å². The van der Waals surface area contributed by atoms with Crippen LogP contribution in [0.2, 0.25) is 0 Å². The smallest absolute Gasteiger partial charge is 0.289 e. The molecule has 2 aliphatic rings. The van der Waals surface area contributed by atoms with Crippen LogP contribution in [-0.4, -0.2) is 93.3 Å². The SMILES string of the molecule is C1CCCCC1.CCC.CCCC(C)(C)C(NC(=O)CNC(=O)c1cnccn1)C(=O)N1CCCC1C(=O)N(CC)CC(=O)C(=O)N[C@@H](C)c1ccccc1. The van der Waals surface area contributed by atoms with Crippen molar-refractivity contribution in [1.29, 1.82) is 0 Å². The molecular formula is C42H65N7O6. The number of carbonyl (C=O) groups is 6. The maximum absolute atomic E-state index is 14.1. The molecule has 0 radical (unpaired) electrons. The molecule has 1 saturated carbocycles. The van der Waals surface area contributed by atoms with Gasteiger partial charge in [-0.1, -0.05) is 116 Å². The number of hydrogen-bond acceptors (Lipinski definition) is 8. The zero-order valence-electron chi connectivity index (χ0n) is 34.2. The molecule has 13 heteroatoms. The van der Waals surface area contributed by atoms with Gasteiger partial charge < -0.3 is 25.8 Å². The Morgan fingerprint density at radius 3 is 2.05 bits per heavy atom. The molecule has 304 valence electrons. The van der Waals surface area contributed by atoms with E-state index in [0.717, 1.165) is 12.0 Å². The Balaban J connectivity index is 0.00000103. The molecule has 3 atom stereocenters. The average molecular weight is 764 g/mol. The normalized spacial score (nSPS) is 16.1. The molecule has 0 bridgehead atoms. The molecule has 1 saturated heterocycles. The number of benzene rings is 1. The Morgan fingerprint density at radius 2 is 1.51 bits per heavy atom. The minimum atomic E-state index is -0.983. The number of Topliss-reactive ketones (excluding diaryl/α,β-unsaturated/α-hetero) is 1. The largest absolute Gasteiger partial charge is 0.343 e. The van der Waals surface area contributed by atoms with Crippen molar-refractivity contribution in [2.24, 2.45) is 5.41 Å².